The summed E-state index contributed by atoms with van der Waals surface area (Å²) in [6, 6.07) is 13.9. The first-order chi connectivity index (χ1) is 10.9. The van der Waals surface area contributed by atoms with Crippen LogP contribution < -0.4 is 4.90 Å². The van der Waals surface area contributed by atoms with Crippen LogP contribution >= 0.6 is 0 Å². The molecule has 0 saturated carbocycles. The summed E-state index contributed by atoms with van der Waals surface area (Å²) in [7, 11) is 2.04. The van der Waals surface area contributed by atoms with Crippen LogP contribution in [0.25, 0.3) is 0 Å². The van der Waals surface area contributed by atoms with Gasteiger partial charge < -0.3 is 4.90 Å². The van der Waals surface area contributed by atoms with Crippen LogP contribution in [0.2, 0.25) is 0 Å². The molecule has 0 atom stereocenters. The predicted octanol–water partition coefficient (Wildman–Crippen LogP) is 4.74. The molecule has 2 aromatic carbocycles. The lowest BCUT2D eigenvalue weighted by Crippen LogP contribution is -2.16. The van der Waals surface area contributed by atoms with E-state index in [4.69, 9.17) is 0 Å². The minimum atomic E-state index is -0.337. The molecule has 4 heteroatoms. The molecular formula is C19H24N2O2. The van der Waals surface area contributed by atoms with Crippen LogP contribution in [0, 0.1) is 23.0 Å². The summed E-state index contributed by atoms with van der Waals surface area (Å²) < 4.78 is 0. The lowest BCUT2D eigenvalue weighted by atomic mass is 10.0. The number of nitro benzene ring substituents is 1. The van der Waals surface area contributed by atoms with Crippen LogP contribution in [-0.2, 0) is 13.0 Å². The molecular weight excluding hydrogens is 288 g/mol. The van der Waals surface area contributed by atoms with Crippen LogP contribution in [0.5, 0.6) is 0 Å². The standard InChI is InChI=1S/C19H24N2O2/c1-14(2)11-16-5-8-18(9-6-16)20(4)13-17-7-10-19(21(22)23)15(3)12-17/h5-10,12,14H,11,13H2,1-4H3. The van der Waals surface area contributed by atoms with E-state index >= 15 is 0 Å². The number of hydrogen-bond donors (Lipinski definition) is 0. The van der Waals surface area contributed by atoms with Crippen molar-refractivity contribution in [1.29, 1.82) is 0 Å². The third-order valence-electron chi connectivity index (χ3n) is 3.90. The Morgan fingerprint density at radius 1 is 1.09 bits per heavy atom. The summed E-state index contributed by atoms with van der Waals surface area (Å²) in [4.78, 5) is 12.7. The third kappa shape index (κ3) is 4.55. The molecule has 0 N–H and O–H groups in total. The Labute approximate surface area is 137 Å². The SMILES string of the molecule is Cc1cc(CN(C)c2ccc(CC(C)C)cc2)ccc1[N+](=O)[O-]. The van der Waals surface area contributed by atoms with E-state index in [1.54, 1.807) is 13.0 Å². The first kappa shape index (κ1) is 17.0. The van der Waals surface area contributed by atoms with E-state index in [0.29, 0.717) is 11.5 Å². The highest BCUT2D eigenvalue weighted by Gasteiger charge is 2.11. The second-order valence-corrected chi connectivity index (χ2v) is 6.50. The fourth-order valence-electron chi connectivity index (χ4n) is 2.74. The molecule has 0 amide bonds. The van der Waals surface area contributed by atoms with Gasteiger partial charge in [-0.3, -0.25) is 10.1 Å². The predicted molar refractivity (Wildman–Crippen MR) is 94.9 cm³/mol. The van der Waals surface area contributed by atoms with Gasteiger partial charge in [-0.2, -0.15) is 0 Å². The lowest BCUT2D eigenvalue weighted by Gasteiger charge is -2.20. The topological polar surface area (TPSA) is 46.4 Å². The van der Waals surface area contributed by atoms with Gasteiger partial charge in [-0.15, -0.1) is 0 Å². The van der Waals surface area contributed by atoms with E-state index in [-0.39, 0.29) is 10.6 Å². The summed E-state index contributed by atoms with van der Waals surface area (Å²) in [6.45, 7) is 6.94. The van der Waals surface area contributed by atoms with E-state index in [9.17, 15) is 10.1 Å². The van der Waals surface area contributed by atoms with Gasteiger partial charge in [-0.05, 0) is 48.6 Å². The molecule has 0 heterocycles. The smallest absolute Gasteiger partial charge is 0.272 e. The van der Waals surface area contributed by atoms with E-state index < -0.39 is 0 Å². The van der Waals surface area contributed by atoms with Crippen molar-refractivity contribution in [2.45, 2.75) is 33.7 Å². The van der Waals surface area contributed by atoms with Crippen LogP contribution in [0.15, 0.2) is 42.5 Å². The molecule has 0 aromatic heterocycles. The normalized spacial score (nSPS) is 10.8. The van der Waals surface area contributed by atoms with Gasteiger partial charge in [-0.25, -0.2) is 0 Å². The average molecular weight is 312 g/mol. The van der Waals surface area contributed by atoms with Crippen molar-refractivity contribution in [2.75, 3.05) is 11.9 Å². The van der Waals surface area contributed by atoms with Gasteiger partial charge in [0.1, 0.15) is 0 Å². The summed E-state index contributed by atoms with van der Waals surface area (Å²) in [5.74, 6) is 0.654. The Balaban J connectivity index is 2.08. The molecule has 0 fully saturated rings. The van der Waals surface area contributed by atoms with Gasteiger partial charge in [0.15, 0.2) is 0 Å². The number of hydrogen-bond acceptors (Lipinski definition) is 3. The van der Waals surface area contributed by atoms with Crippen molar-refractivity contribution < 1.29 is 4.92 Å². The van der Waals surface area contributed by atoms with Crippen molar-refractivity contribution in [3.8, 4) is 0 Å². The maximum Gasteiger partial charge on any atom is 0.272 e. The number of nitro groups is 1. The molecule has 0 spiro atoms. The Bertz CT molecular complexity index is 678. The molecule has 4 nitrogen and oxygen atoms in total. The van der Waals surface area contributed by atoms with Crippen molar-refractivity contribution >= 4 is 11.4 Å². The molecule has 0 aliphatic rings. The first-order valence-electron chi connectivity index (χ1n) is 7.91. The number of aryl methyl sites for hydroxylation is 1. The quantitative estimate of drug-likeness (QED) is 0.572. The molecule has 122 valence electrons. The zero-order chi connectivity index (χ0) is 17.0. The Hall–Kier alpha value is -2.36. The van der Waals surface area contributed by atoms with E-state index in [1.807, 2.05) is 19.2 Å². The molecule has 2 rings (SSSR count). The highest BCUT2D eigenvalue weighted by Crippen LogP contribution is 2.22. The Morgan fingerprint density at radius 2 is 1.70 bits per heavy atom. The monoisotopic (exact) mass is 312 g/mol. The maximum absolute atomic E-state index is 10.9. The van der Waals surface area contributed by atoms with Crippen molar-refractivity contribution in [3.63, 3.8) is 0 Å². The van der Waals surface area contributed by atoms with Crippen LogP contribution in [0.3, 0.4) is 0 Å². The van der Waals surface area contributed by atoms with Crippen LogP contribution in [0.1, 0.15) is 30.5 Å². The van der Waals surface area contributed by atoms with Gasteiger partial charge in [0.05, 0.1) is 4.92 Å². The van der Waals surface area contributed by atoms with Crippen LogP contribution in [0.4, 0.5) is 11.4 Å². The van der Waals surface area contributed by atoms with Gasteiger partial charge >= 0.3 is 0 Å². The Kier molecular flexibility index (Phi) is 5.37. The number of nitrogens with zero attached hydrogens (tertiary/aromatic N) is 2. The van der Waals surface area contributed by atoms with E-state index in [0.717, 1.165) is 24.2 Å². The molecule has 0 bridgehead atoms. The number of benzene rings is 2. The summed E-state index contributed by atoms with van der Waals surface area (Å²) in [5, 5.41) is 10.9. The van der Waals surface area contributed by atoms with Crippen molar-refractivity contribution in [1.82, 2.24) is 0 Å². The first-order valence-corrected chi connectivity index (χ1v) is 7.91. The molecule has 2 aromatic rings. The fraction of sp³-hybridized carbons (Fsp3) is 0.368. The molecule has 0 radical (unpaired) electrons. The maximum atomic E-state index is 10.9. The second kappa shape index (κ2) is 7.27. The molecule has 0 saturated heterocycles. The zero-order valence-electron chi connectivity index (χ0n) is 14.2. The number of rotatable bonds is 6. The summed E-state index contributed by atoms with van der Waals surface area (Å²) in [6.07, 6.45) is 1.09. The fourth-order valence-corrected chi connectivity index (χ4v) is 2.74. The minimum Gasteiger partial charge on any atom is -0.370 e. The number of anilines is 1. The molecule has 0 unspecified atom stereocenters. The highest BCUT2D eigenvalue weighted by molar-refractivity contribution is 5.49. The largest absolute Gasteiger partial charge is 0.370 e. The molecule has 0 aliphatic heterocycles. The molecule has 23 heavy (non-hydrogen) atoms. The van der Waals surface area contributed by atoms with Gasteiger partial charge in [0.2, 0.25) is 0 Å². The van der Waals surface area contributed by atoms with E-state index in [2.05, 4.69) is 43.0 Å². The lowest BCUT2D eigenvalue weighted by molar-refractivity contribution is -0.385. The molecule has 0 aliphatic carbocycles. The van der Waals surface area contributed by atoms with Crippen LogP contribution in [-0.4, -0.2) is 12.0 Å². The summed E-state index contributed by atoms with van der Waals surface area (Å²) >= 11 is 0. The zero-order valence-corrected chi connectivity index (χ0v) is 14.2. The van der Waals surface area contributed by atoms with Gasteiger partial charge in [0, 0.05) is 30.9 Å². The highest BCUT2D eigenvalue weighted by atomic mass is 16.6. The van der Waals surface area contributed by atoms with Gasteiger partial charge in [0.25, 0.3) is 5.69 Å². The minimum absolute atomic E-state index is 0.175. The summed E-state index contributed by atoms with van der Waals surface area (Å²) in [5.41, 5.74) is 4.45. The third-order valence-corrected chi connectivity index (χ3v) is 3.90. The van der Waals surface area contributed by atoms with Gasteiger partial charge in [-0.1, -0.05) is 32.0 Å². The Morgan fingerprint density at radius 3 is 2.22 bits per heavy atom. The van der Waals surface area contributed by atoms with E-state index in [1.165, 1.54) is 5.56 Å². The average Bonchev–Trinajstić information content (AvgIpc) is 2.47. The second-order valence-electron chi connectivity index (χ2n) is 6.50. The van der Waals surface area contributed by atoms with Crippen molar-refractivity contribution in [2.24, 2.45) is 5.92 Å². The van der Waals surface area contributed by atoms with Crippen molar-refractivity contribution in [3.05, 3.63) is 69.3 Å².